The second-order valence-corrected chi connectivity index (χ2v) is 4.63. The SMILES string of the molecule is CCC1(CNC(=O)[C@H]2CNCCO2)CC1. The van der Waals surface area contributed by atoms with Crippen LogP contribution >= 0.6 is 0 Å². The predicted molar refractivity (Wildman–Crippen MR) is 57.6 cm³/mol. The molecule has 0 bridgehead atoms. The Hall–Kier alpha value is -0.610. The lowest BCUT2D eigenvalue weighted by Crippen LogP contribution is -2.48. The fourth-order valence-electron chi connectivity index (χ4n) is 1.95. The molecule has 1 heterocycles. The molecule has 15 heavy (non-hydrogen) atoms. The second kappa shape index (κ2) is 4.49. The Morgan fingerprint density at radius 1 is 1.60 bits per heavy atom. The van der Waals surface area contributed by atoms with E-state index in [1.54, 1.807) is 0 Å². The van der Waals surface area contributed by atoms with Crippen LogP contribution in [0.4, 0.5) is 0 Å². The molecular formula is C11H20N2O2. The fraction of sp³-hybridized carbons (Fsp3) is 0.909. The summed E-state index contributed by atoms with van der Waals surface area (Å²) in [7, 11) is 0. The lowest BCUT2D eigenvalue weighted by molar-refractivity contribution is -0.134. The van der Waals surface area contributed by atoms with Gasteiger partial charge in [0.05, 0.1) is 6.61 Å². The summed E-state index contributed by atoms with van der Waals surface area (Å²) in [5.41, 5.74) is 0.414. The fourth-order valence-corrected chi connectivity index (χ4v) is 1.95. The van der Waals surface area contributed by atoms with Crippen molar-refractivity contribution in [3.8, 4) is 0 Å². The minimum atomic E-state index is -0.286. The maximum Gasteiger partial charge on any atom is 0.250 e. The molecule has 0 spiro atoms. The van der Waals surface area contributed by atoms with Crippen molar-refractivity contribution in [1.82, 2.24) is 10.6 Å². The summed E-state index contributed by atoms with van der Waals surface area (Å²) >= 11 is 0. The molecule has 1 saturated carbocycles. The zero-order valence-corrected chi connectivity index (χ0v) is 9.34. The van der Waals surface area contributed by atoms with Crippen molar-refractivity contribution in [2.45, 2.75) is 32.3 Å². The van der Waals surface area contributed by atoms with Crippen LogP contribution in [-0.2, 0) is 9.53 Å². The molecule has 0 aromatic rings. The molecule has 0 aromatic carbocycles. The lowest BCUT2D eigenvalue weighted by atomic mass is 10.0. The smallest absolute Gasteiger partial charge is 0.250 e. The number of hydrogen-bond acceptors (Lipinski definition) is 3. The average Bonchev–Trinajstić information content (AvgIpc) is 3.08. The van der Waals surface area contributed by atoms with Crippen LogP contribution in [0.25, 0.3) is 0 Å². The van der Waals surface area contributed by atoms with Gasteiger partial charge < -0.3 is 15.4 Å². The maximum atomic E-state index is 11.7. The molecule has 0 aromatic heterocycles. The van der Waals surface area contributed by atoms with Crippen LogP contribution in [-0.4, -0.2) is 38.3 Å². The van der Waals surface area contributed by atoms with Gasteiger partial charge in [-0.3, -0.25) is 4.79 Å². The first-order chi connectivity index (χ1) is 7.26. The average molecular weight is 212 g/mol. The summed E-state index contributed by atoms with van der Waals surface area (Å²) in [5, 5.41) is 6.16. The maximum absolute atomic E-state index is 11.7. The van der Waals surface area contributed by atoms with Gasteiger partial charge in [0, 0.05) is 19.6 Å². The van der Waals surface area contributed by atoms with E-state index in [2.05, 4.69) is 17.6 Å². The molecule has 0 radical (unpaired) electrons. The third-order valence-electron chi connectivity index (χ3n) is 3.56. The zero-order valence-electron chi connectivity index (χ0n) is 9.34. The number of morpholine rings is 1. The first kappa shape index (κ1) is 10.9. The molecule has 0 unspecified atom stereocenters. The van der Waals surface area contributed by atoms with Crippen molar-refractivity contribution in [3.05, 3.63) is 0 Å². The molecule has 1 amide bonds. The number of carbonyl (C=O) groups excluding carboxylic acids is 1. The van der Waals surface area contributed by atoms with Crippen molar-refractivity contribution in [2.24, 2.45) is 5.41 Å². The van der Waals surface area contributed by atoms with Crippen LogP contribution in [0, 0.1) is 5.41 Å². The van der Waals surface area contributed by atoms with E-state index in [1.165, 1.54) is 12.8 Å². The lowest BCUT2D eigenvalue weighted by Gasteiger charge is -2.23. The first-order valence-electron chi connectivity index (χ1n) is 5.86. The molecule has 1 aliphatic carbocycles. The van der Waals surface area contributed by atoms with E-state index in [4.69, 9.17) is 4.74 Å². The molecule has 86 valence electrons. The highest BCUT2D eigenvalue weighted by Crippen LogP contribution is 2.47. The van der Waals surface area contributed by atoms with E-state index in [9.17, 15) is 4.79 Å². The van der Waals surface area contributed by atoms with Gasteiger partial charge in [-0.1, -0.05) is 6.92 Å². The van der Waals surface area contributed by atoms with Crippen LogP contribution in [0.2, 0.25) is 0 Å². The Balaban J connectivity index is 1.72. The number of ether oxygens (including phenoxy) is 1. The summed E-state index contributed by atoms with van der Waals surface area (Å²) in [4.78, 5) is 11.7. The number of amides is 1. The summed E-state index contributed by atoms with van der Waals surface area (Å²) in [6.45, 7) is 5.14. The van der Waals surface area contributed by atoms with Gasteiger partial charge in [-0.2, -0.15) is 0 Å². The Morgan fingerprint density at radius 2 is 2.40 bits per heavy atom. The van der Waals surface area contributed by atoms with Gasteiger partial charge in [0.15, 0.2) is 0 Å². The van der Waals surface area contributed by atoms with Gasteiger partial charge in [-0.05, 0) is 24.7 Å². The highest BCUT2D eigenvalue weighted by Gasteiger charge is 2.41. The Labute approximate surface area is 90.8 Å². The van der Waals surface area contributed by atoms with E-state index >= 15 is 0 Å². The predicted octanol–water partition coefficient (Wildman–Crippen LogP) is 0.281. The number of carbonyl (C=O) groups is 1. The van der Waals surface area contributed by atoms with Crippen molar-refractivity contribution >= 4 is 5.91 Å². The van der Waals surface area contributed by atoms with E-state index in [0.29, 0.717) is 18.6 Å². The molecule has 2 aliphatic rings. The molecular weight excluding hydrogens is 192 g/mol. The van der Waals surface area contributed by atoms with Crippen LogP contribution in [0.15, 0.2) is 0 Å². The van der Waals surface area contributed by atoms with E-state index < -0.39 is 0 Å². The van der Waals surface area contributed by atoms with Crippen LogP contribution < -0.4 is 10.6 Å². The van der Waals surface area contributed by atoms with Crippen molar-refractivity contribution in [3.63, 3.8) is 0 Å². The Morgan fingerprint density at radius 3 is 2.93 bits per heavy atom. The summed E-state index contributed by atoms with van der Waals surface area (Å²) < 4.78 is 5.38. The highest BCUT2D eigenvalue weighted by atomic mass is 16.5. The van der Waals surface area contributed by atoms with E-state index in [1.807, 2.05) is 0 Å². The van der Waals surface area contributed by atoms with Crippen molar-refractivity contribution in [2.75, 3.05) is 26.2 Å². The largest absolute Gasteiger partial charge is 0.366 e. The number of hydrogen-bond donors (Lipinski definition) is 2. The van der Waals surface area contributed by atoms with Crippen molar-refractivity contribution < 1.29 is 9.53 Å². The normalized spacial score (nSPS) is 28.5. The van der Waals surface area contributed by atoms with Gasteiger partial charge in [0.1, 0.15) is 6.10 Å². The Bertz CT molecular complexity index is 233. The number of nitrogens with one attached hydrogen (secondary N) is 2. The minimum absolute atomic E-state index is 0.0434. The quantitative estimate of drug-likeness (QED) is 0.704. The van der Waals surface area contributed by atoms with Crippen LogP contribution in [0.5, 0.6) is 0 Å². The molecule has 1 aliphatic heterocycles. The summed E-state index contributed by atoms with van der Waals surface area (Å²) in [6.07, 6.45) is 3.39. The standard InChI is InChI=1S/C11H20N2O2/c1-2-11(3-4-11)8-13-10(14)9-7-12-5-6-15-9/h9,12H,2-8H2,1H3,(H,13,14)/t9-/m1/s1. The van der Waals surface area contributed by atoms with Gasteiger partial charge in [0.2, 0.25) is 5.91 Å². The molecule has 4 heteroatoms. The van der Waals surface area contributed by atoms with E-state index in [0.717, 1.165) is 19.5 Å². The minimum Gasteiger partial charge on any atom is -0.366 e. The van der Waals surface area contributed by atoms with Gasteiger partial charge in [-0.25, -0.2) is 0 Å². The van der Waals surface area contributed by atoms with E-state index in [-0.39, 0.29) is 12.0 Å². The number of rotatable bonds is 4. The zero-order chi connectivity index (χ0) is 10.7. The molecule has 4 nitrogen and oxygen atoms in total. The van der Waals surface area contributed by atoms with Gasteiger partial charge in [0.25, 0.3) is 0 Å². The summed E-state index contributed by atoms with van der Waals surface area (Å²) in [6, 6.07) is 0. The third-order valence-corrected chi connectivity index (χ3v) is 3.56. The Kier molecular flexibility index (Phi) is 3.26. The highest BCUT2D eigenvalue weighted by molar-refractivity contribution is 5.81. The topological polar surface area (TPSA) is 50.4 Å². The summed E-state index contributed by atoms with van der Waals surface area (Å²) in [5.74, 6) is 0.0434. The third kappa shape index (κ3) is 2.69. The second-order valence-electron chi connectivity index (χ2n) is 4.63. The van der Waals surface area contributed by atoms with Crippen LogP contribution in [0.3, 0.4) is 0 Å². The molecule has 1 saturated heterocycles. The monoisotopic (exact) mass is 212 g/mol. The molecule has 2 rings (SSSR count). The molecule has 1 atom stereocenters. The first-order valence-corrected chi connectivity index (χ1v) is 5.86. The van der Waals surface area contributed by atoms with Crippen LogP contribution in [0.1, 0.15) is 26.2 Å². The van der Waals surface area contributed by atoms with Crippen molar-refractivity contribution in [1.29, 1.82) is 0 Å². The molecule has 2 N–H and O–H groups in total. The molecule has 2 fully saturated rings. The van der Waals surface area contributed by atoms with Gasteiger partial charge in [-0.15, -0.1) is 0 Å². The van der Waals surface area contributed by atoms with Gasteiger partial charge >= 0.3 is 0 Å².